The Morgan fingerprint density at radius 1 is 1.24 bits per heavy atom. The lowest BCUT2D eigenvalue weighted by Gasteiger charge is -2.31. The van der Waals surface area contributed by atoms with E-state index < -0.39 is 10.0 Å². The first-order chi connectivity index (χ1) is 11.5. The van der Waals surface area contributed by atoms with Gasteiger partial charge in [0.05, 0.1) is 18.2 Å². The molecule has 1 saturated heterocycles. The Balaban J connectivity index is 2.00. The molecule has 1 aromatic rings. The van der Waals surface area contributed by atoms with Gasteiger partial charge in [-0.1, -0.05) is 45.0 Å². The first kappa shape index (κ1) is 19.9. The third-order valence-electron chi connectivity index (χ3n) is 4.86. The maximum atomic E-state index is 12.5. The van der Waals surface area contributed by atoms with Gasteiger partial charge in [-0.3, -0.25) is 4.79 Å². The first-order valence-electron chi connectivity index (χ1n) is 8.84. The topological polar surface area (TPSA) is 66.5 Å². The molecule has 0 aromatic heterocycles. The number of nitrogens with one attached hydrogen (secondary N) is 1. The Morgan fingerprint density at radius 2 is 1.84 bits per heavy atom. The molecule has 1 aliphatic heterocycles. The van der Waals surface area contributed by atoms with Crippen molar-refractivity contribution in [2.45, 2.75) is 52.0 Å². The summed E-state index contributed by atoms with van der Waals surface area (Å²) < 4.78 is 24.8. The van der Waals surface area contributed by atoms with E-state index >= 15 is 0 Å². The normalized spacial score (nSPS) is 20.9. The quantitative estimate of drug-likeness (QED) is 0.891. The van der Waals surface area contributed by atoms with E-state index in [2.05, 4.69) is 50.4 Å². The molecular formula is C19H30N2O3S. The summed E-state index contributed by atoms with van der Waals surface area (Å²) in [6, 6.07) is 8.20. The van der Waals surface area contributed by atoms with Crippen LogP contribution in [0.5, 0.6) is 0 Å². The number of hydrogen-bond donors (Lipinski definition) is 1. The first-order valence-corrected chi connectivity index (χ1v) is 10.7. The summed E-state index contributed by atoms with van der Waals surface area (Å²) in [5, 5.41) is 3.04. The standard InChI is InChI=1S/C19H30N2O3S/c1-14(15-8-10-17(11-9-15)19(2,3)4)20-18(22)16-7-6-12-21(13-16)25(5,23)24/h8-11,14,16H,6-7,12-13H2,1-5H3,(H,20,22)/t14-,16+/m1/s1. The van der Waals surface area contributed by atoms with Crippen molar-refractivity contribution in [2.24, 2.45) is 5.92 Å². The molecule has 2 atom stereocenters. The van der Waals surface area contributed by atoms with Gasteiger partial charge in [0.2, 0.25) is 15.9 Å². The molecule has 0 aliphatic carbocycles. The molecule has 0 radical (unpaired) electrons. The Labute approximate surface area is 151 Å². The van der Waals surface area contributed by atoms with Crippen molar-refractivity contribution in [3.8, 4) is 0 Å². The molecule has 0 spiro atoms. The van der Waals surface area contributed by atoms with E-state index in [0.717, 1.165) is 18.4 Å². The molecule has 1 aromatic carbocycles. The van der Waals surface area contributed by atoms with E-state index in [1.54, 1.807) is 0 Å². The Morgan fingerprint density at radius 3 is 2.36 bits per heavy atom. The predicted molar refractivity (Wildman–Crippen MR) is 101 cm³/mol. The highest BCUT2D eigenvalue weighted by atomic mass is 32.2. The molecule has 0 unspecified atom stereocenters. The lowest BCUT2D eigenvalue weighted by molar-refractivity contribution is -0.126. The molecule has 25 heavy (non-hydrogen) atoms. The predicted octanol–water partition coefficient (Wildman–Crippen LogP) is 2.83. The number of piperidine rings is 1. The number of benzene rings is 1. The largest absolute Gasteiger partial charge is 0.349 e. The van der Waals surface area contributed by atoms with Crippen LogP contribution in [0.15, 0.2) is 24.3 Å². The maximum Gasteiger partial charge on any atom is 0.224 e. The molecule has 1 amide bonds. The minimum absolute atomic E-state index is 0.0688. The highest BCUT2D eigenvalue weighted by Crippen LogP contribution is 2.25. The number of rotatable bonds is 4. The van der Waals surface area contributed by atoms with E-state index in [-0.39, 0.29) is 29.8 Å². The van der Waals surface area contributed by atoms with Crippen LogP contribution in [-0.4, -0.2) is 38.0 Å². The van der Waals surface area contributed by atoms with E-state index in [1.807, 2.05) is 6.92 Å². The van der Waals surface area contributed by atoms with Gasteiger partial charge in [0, 0.05) is 13.1 Å². The summed E-state index contributed by atoms with van der Waals surface area (Å²) in [7, 11) is -3.24. The second-order valence-electron chi connectivity index (χ2n) is 8.06. The van der Waals surface area contributed by atoms with Gasteiger partial charge in [0.1, 0.15) is 0 Å². The van der Waals surface area contributed by atoms with Crippen LogP contribution < -0.4 is 5.32 Å². The Hall–Kier alpha value is -1.40. The number of amides is 1. The summed E-state index contributed by atoms with van der Waals surface area (Å²) in [6.07, 6.45) is 2.65. The zero-order chi connectivity index (χ0) is 18.8. The van der Waals surface area contributed by atoms with Gasteiger partial charge in [-0.15, -0.1) is 0 Å². The lowest BCUT2D eigenvalue weighted by Crippen LogP contribution is -2.45. The van der Waals surface area contributed by atoms with Crippen LogP contribution in [-0.2, 0) is 20.2 Å². The summed E-state index contributed by atoms with van der Waals surface area (Å²) >= 11 is 0. The van der Waals surface area contributed by atoms with Crippen LogP contribution in [0, 0.1) is 5.92 Å². The highest BCUT2D eigenvalue weighted by molar-refractivity contribution is 7.88. The van der Waals surface area contributed by atoms with Gasteiger partial charge < -0.3 is 5.32 Å². The smallest absolute Gasteiger partial charge is 0.224 e. The van der Waals surface area contributed by atoms with E-state index in [9.17, 15) is 13.2 Å². The molecule has 1 fully saturated rings. The fourth-order valence-corrected chi connectivity index (χ4v) is 4.06. The van der Waals surface area contributed by atoms with Gasteiger partial charge in [0.15, 0.2) is 0 Å². The van der Waals surface area contributed by atoms with Crippen LogP contribution in [0.3, 0.4) is 0 Å². The average molecular weight is 367 g/mol. The molecule has 1 aliphatic rings. The second kappa shape index (κ2) is 7.46. The van der Waals surface area contributed by atoms with Crippen LogP contribution in [0.25, 0.3) is 0 Å². The van der Waals surface area contributed by atoms with E-state index in [1.165, 1.54) is 16.1 Å². The molecule has 0 saturated carbocycles. The fourth-order valence-electron chi connectivity index (χ4n) is 3.14. The number of hydrogen-bond acceptors (Lipinski definition) is 3. The second-order valence-corrected chi connectivity index (χ2v) is 10.0. The minimum Gasteiger partial charge on any atom is -0.349 e. The SMILES string of the molecule is C[C@@H](NC(=O)[C@H]1CCCN(S(C)(=O)=O)C1)c1ccc(C(C)(C)C)cc1. The zero-order valence-corrected chi connectivity index (χ0v) is 16.7. The Kier molecular flexibility index (Phi) is 5.94. The van der Waals surface area contributed by atoms with Gasteiger partial charge in [0.25, 0.3) is 0 Å². The summed E-state index contributed by atoms with van der Waals surface area (Å²) in [4.78, 5) is 12.5. The number of sulfonamides is 1. The number of carbonyl (C=O) groups excluding carboxylic acids is 1. The van der Waals surface area contributed by atoms with E-state index in [0.29, 0.717) is 6.54 Å². The van der Waals surface area contributed by atoms with Gasteiger partial charge >= 0.3 is 0 Å². The van der Waals surface area contributed by atoms with Crippen molar-refractivity contribution in [3.63, 3.8) is 0 Å². The third kappa shape index (κ3) is 5.28. The van der Waals surface area contributed by atoms with Crippen LogP contribution in [0.4, 0.5) is 0 Å². The maximum absolute atomic E-state index is 12.5. The van der Waals surface area contributed by atoms with Crippen molar-refractivity contribution in [1.82, 2.24) is 9.62 Å². The Bertz CT molecular complexity index is 705. The van der Waals surface area contributed by atoms with Crippen molar-refractivity contribution >= 4 is 15.9 Å². The fraction of sp³-hybridized carbons (Fsp3) is 0.632. The highest BCUT2D eigenvalue weighted by Gasteiger charge is 2.30. The average Bonchev–Trinajstić information content (AvgIpc) is 2.53. The molecule has 5 nitrogen and oxygen atoms in total. The van der Waals surface area contributed by atoms with Crippen molar-refractivity contribution in [3.05, 3.63) is 35.4 Å². The molecule has 1 N–H and O–H groups in total. The number of nitrogens with zero attached hydrogens (tertiary/aromatic N) is 1. The molecule has 140 valence electrons. The third-order valence-corrected chi connectivity index (χ3v) is 6.13. The van der Waals surface area contributed by atoms with Crippen molar-refractivity contribution in [1.29, 1.82) is 0 Å². The van der Waals surface area contributed by atoms with Gasteiger partial charge in [-0.2, -0.15) is 0 Å². The summed E-state index contributed by atoms with van der Waals surface area (Å²) in [5.41, 5.74) is 2.41. The molecule has 6 heteroatoms. The summed E-state index contributed by atoms with van der Waals surface area (Å²) in [6.45, 7) is 9.26. The summed E-state index contributed by atoms with van der Waals surface area (Å²) in [5.74, 6) is -0.347. The minimum atomic E-state index is -3.24. The molecule has 0 bridgehead atoms. The van der Waals surface area contributed by atoms with Gasteiger partial charge in [-0.05, 0) is 36.3 Å². The monoisotopic (exact) mass is 366 g/mol. The van der Waals surface area contributed by atoms with Gasteiger partial charge in [-0.25, -0.2) is 12.7 Å². The molecule has 1 heterocycles. The molecular weight excluding hydrogens is 336 g/mol. The van der Waals surface area contributed by atoms with Crippen LogP contribution in [0.2, 0.25) is 0 Å². The van der Waals surface area contributed by atoms with Crippen molar-refractivity contribution < 1.29 is 13.2 Å². The van der Waals surface area contributed by atoms with Crippen LogP contribution >= 0.6 is 0 Å². The number of carbonyl (C=O) groups is 1. The lowest BCUT2D eigenvalue weighted by atomic mass is 9.86. The zero-order valence-electron chi connectivity index (χ0n) is 15.9. The van der Waals surface area contributed by atoms with E-state index in [4.69, 9.17) is 0 Å². The van der Waals surface area contributed by atoms with Crippen LogP contribution in [0.1, 0.15) is 57.7 Å². The van der Waals surface area contributed by atoms with Crippen molar-refractivity contribution in [2.75, 3.05) is 19.3 Å². The molecule has 2 rings (SSSR count).